The van der Waals surface area contributed by atoms with Gasteiger partial charge in [-0.2, -0.15) is 0 Å². The van der Waals surface area contributed by atoms with Crippen LogP contribution >= 0.6 is 0 Å². The zero-order valence-electron chi connectivity index (χ0n) is 19.7. The van der Waals surface area contributed by atoms with E-state index in [2.05, 4.69) is 19.2 Å². The lowest BCUT2D eigenvalue weighted by atomic mass is 10.1. The second kappa shape index (κ2) is 11.5. The second-order valence-electron chi connectivity index (χ2n) is 8.57. The topological polar surface area (TPSA) is 58.6 Å². The Morgan fingerprint density at radius 1 is 1.03 bits per heavy atom. The van der Waals surface area contributed by atoms with E-state index in [9.17, 15) is 9.59 Å². The summed E-state index contributed by atoms with van der Waals surface area (Å²) in [6.07, 6.45) is 0.533. The van der Waals surface area contributed by atoms with Crippen molar-refractivity contribution in [3.63, 3.8) is 0 Å². The molecule has 168 valence electrons. The molecule has 31 heavy (non-hydrogen) atoms. The molecule has 2 aromatic rings. The summed E-state index contributed by atoms with van der Waals surface area (Å²) in [5.41, 5.74) is 4.25. The number of hydrogen-bond acceptors (Lipinski definition) is 3. The molecule has 2 rings (SSSR count). The number of benzene rings is 2. The van der Waals surface area contributed by atoms with Gasteiger partial charge in [-0.3, -0.25) is 9.59 Å². The highest BCUT2D eigenvalue weighted by molar-refractivity contribution is 5.88. The molecule has 2 aromatic carbocycles. The Morgan fingerprint density at radius 3 is 2.35 bits per heavy atom. The first-order chi connectivity index (χ1) is 14.7. The van der Waals surface area contributed by atoms with E-state index in [-0.39, 0.29) is 18.4 Å². The molecule has 0 bridgehead atoms. The molecule has 0 saturated heterocycles. The van der Waals surface area contributed by atoms with Crippen LogP contribution in [0.4, 0.5) is 0 Å². The Bertz CT molecular complexity index is 892. The van der Waals surface area contributed by atoms with Gasteiger partial charge in [0.1, 0.15) is 11.8 Å². The van der Waals surface area contributed by atoms with Gasteiger partial charge in [0.25, 0.3) is 5.91 Å². The first kappa shape index (κ1) is 24.4. The summed E-state index contributed by atoms with van der Waals surface area (Å²) in [6, 6.07) is 13.3. The van der Waals surface area contributed by atoms with Crippen molar-refractivity contribution in [3.05, 3.63) is 64.7 Å². The zero-order valence-corrected chi connectivity index (χ0v) is 19.7. The normalized spacial score (nSPS) is 11.8. The Balaban J connectivity index is 2.23. The van der Waals surface area contributed by atoms with E-state index in [4.69, 9.17) is 4.74 Å². The molecular formula is C26H36N2O3. The van der Waals surface area contributed by atoms with Gasteiger partial charge in [0.05, 0.1) is 0 Å². The molecule has 5 heteroatoms. The first-order valence-corrected chi connectivity index (χ1v) is 11.0. The molecule has 0 spiro atoms. The van der Waals surface area contributed by atoms with Gasteiger partial charge in [0.2, 0.25) is 5.91 Å². The molecule has 0 fully saturated rings. The minimum Gasteiger partial charge on any atom is -0.483 e. The third kappa shape index (κ3) is 7.12. The summed E-state index contributed by atoms with van der Waals surface area (Å²) < 4.78 is 5.85. The summed E-state index contributed by atoms with van der Waals surface area (Å²) in [5.74, 6) is 0.710. The Morgan fingerprint density at radius 2 is 1.74 bits per heavy atom. The van der Waals surface area contributed by atoms with Crippen LogP contribution in [0.1, 0.15) is 49.4 Å². The Kier molecular flexibility index (Phi) is 9.10. The van der Waals surface area contributed by atoms with Crippen molar-refractivity contribution in [2.45, 2.75) is 60.5 Å². The Hall–Kier alpha value is -2.82. The van der Waals surface area contributed by atoms with Gasteiger partial charge < -0.3 is 15.0 Å². The van der Waals surface area contributed by atoms with Crippen molar-refractivity contribution < 1.29 is 14.3 Å². The molecule has 0 saturated carbocycles. The fourth-order valence-electron chi connectivity index (χ4n) is 3.50. The standard InChI is InChI=1S/C26H36N2O3/c1-7-23(26(30)27-15-18(2)3)28(16-22-11-9-8-10-20(22)5)25(29)17-31-24-13-12-19(4)14-21(24)6/h8-14,18,23H,7,15-17H2,1-6H3,(H,27,30). The van der Waals surface area contributed by atoms with E-state index in [1.165, 1.54) is 0 Å². The van der Waals surface area contributed by atoms with Crippen molar-refractivity contribution in [1.82, 2.24) is 10.2 Å². The lowest BCUT2D eigenvalue weighted by Gasteiger charge is -2.31. The van der Waals surface area contributed by atoms with Crippen LogP contribution in [0.3, 0.4) is 0 Å². The maximum absolute atomic E-state index is 13.3. The molecule has 0 aromatic heterocycles. The van der Waals surface area contributed by atoms with Crippen LogP contribution in [0.15, 0.2) is 42.5 Å². The van der Waals surface area contributed by atoms with Crippen molar-refractivity contribution >= 4 is 11.8 Å². The smallest absolute Gasteiger partial charge is 0.261 e. The van der Waals surface area contributed by atoms with E-state index in [1.807, 2.05) is 70.2 Å². The summed E-state index contributed by atoms with van der Waals surface area (Å²) >= 11 is 0. The molecule has 0 heterocycles. The van der Waals surface area contributed by atoms with E-state index in [1.54, 1.807) is 4.90 Å². The van der Waals surface area contributed by atoms with E-state index in [0.717, 1.165) is 22.3 Å². The third-order valence-electron chi connectivity index (χ3n) is 5.35. The SMILES string of the molecule is CCC(C(=O)NCC(C)C)N(Cc1ccccc1C)C(=O)COc1ccc(C)cc1C. The average molecular weight is 425 g/mol. The molecule has 1 N–H and O–H groups in total. The van der Waals surface area contributed by atoms with Crippen molar-refractivity contribution in [2.75, 3.05) is 13.2 Å². The Labute approximate surface area is 186 Å². The number of hydrogen-bond donors (Lipinski definition) is 1. The number of rotatable bonds is 10. The molecule has 0 aliphatic rings. The highest BCUT2D eigenvalue weighted by Crippen LogP contribution is 2.20. The van der Waals surface area contributed by atoms with Crippen LogP contribution in [0.25, 0.3) is 0 Å². The lowest BCUT2D eigenvalue weighted by molar-refractivity contribution is -0.143. The van der Waals surface area contributed by atoms with Crippen LogP contribution < -0.4 is 10.1 Å². The predicted molar refractivity (Wildman–Crippen MR) is 125 cm³/mol. The van der Waals surface area contributed by atoms with Gasteiger partial charge in [-0.25, -0.2) is 0 Å². The third-order valence-corrected chi connectivity index (χ3v) is 5.35. The molecule has 0 radical (unpaired) electrons. The van der Waals surface area contributed by atoms with Gasteiger partial charge in [-0.1, -0.05) is 62.7 Å². The maximum atomic E-state index is 13.3. The van der Waals surface area contributed by atoms with Crippen molar-refractivity contribution in [3.8, 4) is 5.75 Å². The molecule has 0 aliphatic carbocycles. The largest absolute Gasteiger partial charge is 0.483 e. The summed E-state index contributed by atoms with van der Waals surface area (Å²) in [5, 5.41) is 2.98. The summed E-state index contributed by atoms with van der Waals surface area (Å²) in [7, 11) is 0. The van der Waals surface area contributed by atoms with Gasteiger partial charge in [-0.05, 0) is 55.9 Å². The van der Waals surface area contributed by atoms with Crippen molar-refractivity contribution in [1.29, 1.82) is 0 Å². The van der Waals surface area contributed by atoms with Crippen LogP contribution in [-0.2, 0) is 16.1 Å². The minimum atomic E-state index is -0.548. The molecule has 0 aliphatic heterocycles. The monoisotopic (exact) mass is 424 g/mol. The summed E-state index contributed by atoms with van der Waals surface area (Å²) in [6.45, 7) is 12.9. The maximum Gasteiger partial charge on any atom is 0.261 e. The van der Waals surface area contributed by atoms with E-state index in [0.29, 0.717) is 31.2 Å². The molecule has 2 amide bonds. The molecule has 1 unspecified atom stereocenters. The second-order valence-corrected chi connectivity index (χ2v) is 8.57. The predicted octanol–water partition coefficient (Wildman–Crippen LogP) is 4.57. The minimum absolute atomic E-state index is 0.107. The number of carbonyl (C=O) groups excluding carboxylic acids is 2. The fourth-order valence-corrected chi connectivity index (χ4v) is 3.50. The quantitative estimate of drug-likeness (QED) is 0.608. The molecular weight excluding hydrogens is 388 g/mol. The van der Waals surface area contributed by atoms with E-state index >= 15 is 0 Å². The lowest BCUT2D eigenvalue weighted by Crippen LogP contribution is -2.50. The van der Waals surface area contributed by atoms with Crippen molar-refractivity contribution in [2.24, 2.45) is 5.92 Å². The number of nitrogens with zero attached hydrogens (tertiary/aromatic N) is 1. The van der Waals surface area contributed by atoms with Crippen LogP contribution in [0.5, 0.6) is 5.75 Å². The number of carbonyl (C=O) groups is 2. The van der Waals surface area contributed by atoms with Gasteiger partial charge in [-0.15, -0.1) is 0 Å². The van der Waals surface area contributed by atoms with Crippen LogP contribution in [-0.4, -0.2) is 35.9 Å². The van der Waals surface area contributed by atoms with Gasteiger partial charge >= 0.3 is 0 Å². The first-order valence-electron chi connectivity index (χ1n) is 11.0. The number of ether oxygens (including phenoxy) is 1. The zero-order chi connectivity index (χ0) is 23.0. The van der Waals surface area contributed by atoms with Gasteiger partial charge in [0, 0.05) is 13.1 Å². The number of nitrogens with one attached hydrogen (secondary N) is 1. The highest BCUT2D eigenvalue weighted by atomic mass is 16.5. The number of amides is 2. The molecule has 1 atom stereocenters. The average Bonchev–Trinajstić information content (AvgIpc) is 2.72. The van der Waals surface area contributed by atoms with Crippen LogP contribution in [0.2, 0.25) is 0 Å². The highest BCUT2D eigenvalue weighted by Gasteiger charge is 2.29. The van der Waals surface area contributed by atoms with Gasteiger partial charge in [0.15, 0.2) is 6.61 Å². The summed E-state index contributed by atoms with van der Waals surface area (Å²) in [4.78, 5) is 27.8. The van der Waals surface area contributed by atoms with Crippen LogP contribution in [0, 0.1) is 26.7 Å². The number of aryl methyl sites for hydroxylation is 3. The van der Waals surface area contributed by atoms with E-state index < -0.39 is 6.04 Å². The fraction of sp³-hybridized carbons (Fsp3) is 0.462. The molecule has 5 nitrogen and oxygen atoms in total.